The van der Waals surface area contributed by atoms with Crippen LogP contribution < -0.4 is 5.32 Å². The van der Waals surface area contributed by atoms with Crippen molar-refractivity contribution >= 4 is 11.8 Å². The van der Waals surface area contributed by atoms with Crippen LogP contribution >= 0.6 is 0 Å². The second-order valence-corrected chi connectivity index (χ2v) is 3.82. The van der Waals surface area contributed by atoms with Crippen molar-refractivity contribution in [3.8, 4) is 0 Å². The van der Waals surface area contributed by atoms with Crippen molar-refractivity contribution in [1.29, 1.82) is 0 Å². The SMILES string of the molecule is Cc1ccc(NCCn2cc(C(=O)O)nn2)nc1. The van der Waals surface area contributed by atoms with E-state index in [4.69, 9.17) is 5.11 Å². The largest absolute Gasteiger partial charge is 0.476 e. The first-order valence-electron chi connectivity index (χ1n) is 5.45. The van der Waals surface area contributed by atoms with Gasteiger partial charge in [0.15, 0.2) is 5.69 Å². The van der Waals surface area contributed by atoms with E-state index in [1.165, 1.54) is 10.9 Å². The number of aromatic carboxylic acids is 1. The maximum absolute atomic E-state index is 10.6. The molecule has 2 aromatic heterocycles. The number of carboxylic acids is 1. The van der Waals surface area contributed by atoms with Crippen molar-refractivity contribution in [2.24, 2.45) is 0 Å². The Morgan fingerprint density at radius 1 is 1.50 bits per heavy atom. The van der Waals surface area contributed by atoms with Crippen LogP contribution in [-0.4, -0.2) is 37.6 Å². The molecule has 0 unspecified atom stereocenters. The second kappa shape index (κ2) is 5.26. The fourth-order valence-electron chi connectivity index (χ4n) is 1.38. The Morgan fingerprint density at radius 3 is 2.94 bits per heavy atom. The van der Waals surface area contributed by atoms with Gasteiger partial charge in [0.2, 0.25) is 0 Å². The summed E-state index contributed by atoms with van der Waals surface area (Å²) in [5, 5.41) is 19.0. The predicted octanol–water partition coefficient (Wildman–Crippen LogP) is 0.792. The lowest BCUT2D eigenvalue weighted by atomic mass is 10.3. The Kier molecular flexibility index (Phi) is 3.52. The number of nitrogens with zero attached hydrogens (tertiary/aromatic N) is 4. The lowest BCUT2D eigenvalue weighted by molar-refractivity contribution is 0.0690. The molecule has 0 bridgehead atoms. The second-order valence-electron chi connectivity index (χ2n) is 3.82. The Bertz CT molecular complexity index is 535. The molecule has 7 heteroatoms. The maximum Gasteiger partial charge on any atom is 0.358 e. The molecule has 0 saturated heterocycles. The molecule has 7 nitrogen and oxygen atoms in total. The van der Waals surface area contributed by atoms with Crippen LogP contribution in [0.4, 0.5) is 5.82 Å². The Balaban J connectivity index is 1.84. The number of nitrogens with one attached hydrogen (secondary N) is 1. The summed E-state index contributed by atoms with van der Waals surface area (Å²) in [6, 6.07) is 3.85. The first-order chi connectivity index (χ1) is 8.65. The van der Waals surface area contributed by atoms with Crippen LogP contribution in [-0.2, 0) is 6.54 Å². The quantitative estimate of drug-likeness (QED) is 0.811. The minimum atomic E-state index is -1.07. The molecule has 94 valence electrons. The molecule has 0 radical (unpaired) electrons. The monoisotopic (exact) mass is 247 g/mol. The zero-order valence-corrected chi connectivity index (χ0v) is 9.87. The van der Waals surface area contributed by atoms with Crippen LogP contribution in [0.15, 0.2) is 24.5 Å². The summed E-state index contributed by atoms with van der Waals surface area (Å²) in [5.74, 6) is -0.298. The highest BCUT2D eigenvalue weighted by Crippen LogP contribution is 2.03. The van der Waals surface area contributed by atoms with E-state index in [-0.39, 0.29) is 5.69 Å². The fraction of sp³-hybridized carbons (Fsp3) is 0.273. The van der Waals surface area contributed by atoms with E-state index in [9.17, 15) is 4.79 Å². The van der Waals surface area contributed by atoms with E-state index in [0.29, 0.717) is 13.1 Å². The standard InChI is InChI=1S/C11H13N5O2/c1-8-2-3-10(13-6-8)12-4-5-16-7-9(11(17)18)14-15-16/h2-3,6-7H,4-5H2,1H3,(H,12,13)(H,17,18). The molecule has 2 N–H and O–H groups in total. The molecule has 0 aromatic carbocycles. The molecule has 2 heterocycles. The van der Waals surface area contributed by atoms with Gasteiger partial charge in [0, 0.05) is 12.7 Å². The molecule has 18 heavy (non-hydrogen) atoms. The highest BCUT2D eigenvalue weighted by molar-refractivity contribution is 5.84. The molecule has 0 fully saturated rings. The molecule has 2 rings (SSSR count). The number of carbonyl (C=O) groups is 1. The molecule has 0 aliphatic rings. The molecular formula is C11H13N5O2. The molecule has 0 saturated carbocycles. The summed E-state index contributed by atoms with van der Waals surface area (Å²) in [5.41, 5.74) is 1.05. The summed E-state index contributed by atoms with van der Waals surface area (Å²) in [6.45, 7) is 3.09. The maximum atomic E-state index is 10.6. The van der Waals surface area contributed by atoms with Crippen LogP contribution in [0.1, 0.15) is 16.1 Å². The number of carboxylic acid groups (broad SMARTS) is 1. The molecule has 2 aromatic rings. The highest BCUT2D eigenvalue weighted by Gasteiger charge is 2.07. The minimum absolute atomic E-state index is 0.0524. The van der Waals surface area contributed by atoms with E-state index in [0.717, 1.165) is 11.4 Å². The number of rotatable bonds is 5. The van der Waals surface area contributed by atoms with Crippen molar-refractivity contribution in [1.82, 2.24) is 20.0 Å². The number of anilines is 1. The van der Waals surface area contributed by atoms with Gasteiger partial charge in [0.25, 0.3) is 0 Å². The van der Waals surface area contributed by atoms with Crippen LogP contribution in [0, 0.1) is 6.92 Å². The van der Waals surface area contributed by atoms with Crippen molar-refractivity contribution in [2.75, 3.05) is 11.9 Å². The lowest BCUT2D eigenvalue weighted by Crippen LogP contribution is -2.11. The average Bonchev–Trinajstić information content (AvgIpc) is 2.81. The molecule has 0 aliphatic carbocycles. The first-order valence-corrected chi connectivity index (χ1v) is 5.45. The van der Waals surface area contributed by atoms with Crippen molar-refractivity contribution < 1.29 is 9.90 Å². The van der Waals surface area contributed by atoms with Crippen molar-refractivity contribution in [3.05, 3.63) is 35.8 Å². The van der Waals surface area contributed by atoms with E-state index >= 15 is 0 Å². The van der Waals surface area contributed by atoms with Crippen LogP contribution in [0.25, 0.3) is 0 Å². The van der Waals surface area contributed by atoms with Crippen LogP contribution in [0.5, 0.6) is 0 Å². The predicted molar refractivity (Wildman–Crippen MR) is 64.4 cm³/mol. The zero-order chi connectivity index (χ0) is 13.0. The molecular weight excluding hydrogens is 234 g/mol. The number of aryl methyl sites for hydroxylation is 1. The van der Waals surface area contributed by atoms with Gasteiger partial charge in [-0.25, -0.2) is 14.5 Å². The average molecular weight is 247 g/mol. The van der Waals surface area contributed by atoms with Crippen LogP contribution in [0.2, 0.25) is 0 Å². The summed E-state index contributed by atoms with van der Waals surface area (Å²) in [4.78, 5) is 14.8. The first kappa shape index (κ1) is 12.0. The van der Waals surface area contributed by atoms with Crippen molar-refractivity contribution in [2.45, 2.75) is 13.5 Å². The number of aromatic nitrogens is 4. The van der Waals surface area contributed by atoms with Gasteiger partial charge < -0.3 is 10.4 Å². The van der Waals surface area contributed by atoms with Gasteiger partial charge >= 0.3 is 5.97 Å². The fourth-order valence-corrected chi connectivity index (χ4v) is 1.38. The van der Waals surface area contributed by atoms with E-state index in [1.807, 2.05) is 19.1 Å². The molecule has 0 aliphatic heterocycles. The third-order valence-electron chi connectivity index (χ3n) is 2.32. The van der Waals surface area contributed by atoms with Crippen molar-refractivity contribution in [3.63, 3.8) is 0 Å². The van der Waals surface area contributed by atoms with Gasteiger partial charge in [-0.15, -0.1) is 5.10 Å². The van der Waals surface area contributed by atoms with E-state index < -0.39 is 5.97 Å². The smallest absolute Gasteiger partial charge is 0.358 e. The number of hydrogen-bond acceptors (Lipinski definition) is 5. The van der Waals surface area contributed by atoms with Gasteiger partial charge in [0.05, 0.1) is 12.7 Å². The summed E-state index contributed by atoms with van der Waals surface area (Å²) < 4.78 is 1.48. The Hall–Kier alpha value is -2.44. The summed E-state index contributed by atoms with van der Waals surface area (Å²) >= 11 is 0. The lowest BCUT2D eigenvalue weighted by Gasteiger charge is -2.05. The normalized spacial score (nSPS) is 10.3. The van der Waals surface area contributed by atoms with E-state index in [2.05, 4.69) is 20.6 Å². The number of hydrogen-bond donors (Lipinski definition) is 2. The van der Waals surface area contributed by atoms with Crippen LogP contribution in [0.3, 0.4) is 0 Å². The number of pyridine rings is 1. The molecule has 0 amide bonds. The summed E-state index contributed by atoms with van der Waals surface area (Å²) in [7, 11) is 0. The summed E-state index contributed by atoms with van der Waals surface area (Å²) in [6.07, 6.45) is 3.17. The Morgan fingerprint density at radius 2 is 2.33 bits per heavy atom. The third-order valence-corrected chi connectivity index (χ3v) is 2.32. The van der Waals surface area contributed by atoms with Gasteiger partial charge in [-0.3, -0.25) is 0 Å². The van der Waals surface area contributed by atoms with Gasteiger partial charge in [-0.1, -0.05) is 11.3 Å². The van der Waals surface area contributed by atoms with E-state index in [1.54, 1.807) is 6.20 Å². The minimum Gasteiger partial charge on any atom is -0.476 e. The van der Waals surface area contributed by atoms with Gasteiger partial charge in [-0.2, -0.15) is 0 Å². The zero-order valence-electron chi connectivity index (χ0n) is 9.87. The highest BCUT2D eigenvalue weighted by atomic mass is 16.4. The molecule has 0 spiro atoms. The van der Waals surface area contributed by atoms with Gasteiger partial charge in [-0.05, 0) is 18.6 Å². The molecule has 0 atom stereocenters. The Labute approximate surface area is 103 Å². The van der Waals surface area contributed by atoms with Gasteiger partial charge in [0.1, 0.15) is 5.82 Å². The topological polar surface area (TPSA) is 92.9 Å². The third kappa shape index (κ3) is 3.03.